The van der Waals surface area contributed by atoms with Crippen LogP contribution in [0.5, 0.6) is 11.5 Å². The zero-order valence-corrected chi connectivity index (χ0v) is 30.0. The fourth-order valence-electron chi connectivity index (χ4n) is 7.82. The molecule has 2 atom stereocenters. The molecule has 0 radical (unpaired) electrons. The Kier molecular flexibility index (Phi) is 9.46. The van der Waals surface area contributed by atoms with Crippen LogP contribution in [0.2, 0.25) is 5.02 Å². The number of rotatable bonds is 9. The highest BCUT2D eigenvalue weighted by Gasteiger charge is 2.40. The molecule has 266 valence electrons. The van der Waals surface area contributed by atoms with Crippen LogP contribution in [-0.4, -0.2) is 37.5 Å². The molecule has 5 aromatic rings. The molecular weight excluding hydrogens is 686 g/mol. The van der Waals surface area contributed by atoms with Crippen molar-refractivity contribution < 1.29 is 23.9 Å². The van der Waals surface area contributed by atoms with E-state index in [1.165, 1.54) is 22.9 Å². The Morgan fingerprint density at radius 2 is 1.42 bits per heavy atom. The number of anilines is 2. The number of barbiturate groups is 1. The molecule has 0 aromatic heterocycles. The largest absolute Gasteiger partial charge is 0.490 e. The van der Waals surface area contributed by atoms with Crippen molar-refractivity contribution in [2.45, 2.75) is 38.2 Å². The Bertz CT molecular complexity index is 2170. The van der Waals surface area contributed by atoms with Crippen LogP contribution in [0.1, 0.15) is 65.0 Å². The average Bonchev–Trinajstić information content (AvgIpc) is 3.17. The Morgan fingerprint density at radius 3 is 2.04 bits per heavy atom. The number of amides is 4. The van der Waals surface area contributed by atoms with E-state index in [9.17, 15) is 14.4 Å². The fourth-order valence-corrected chi connectivity index (χ4v) is 8.03. The summed E-state index contributed by atoms with van der Waals surface area (Å²) in [5, 5.41) is 3.05. The SMILES string of the molecule is CCOc1cc(/C=C2\C(=O)NC(=O)N(c3cc4c5c(c3)[C@H](c3ccccc3)CCN5CC[C@H]4c3ccccc3)C2=O)ccc1OCc1cccc(Cl)c1. The molecule has 8 rings (SSSR count). The van der Waals surface area contributed by atoms with Crippen LogP contribution in [0.4, 0.5) is 16.2 Å². The molecule has 0 aliphatic carbocycles. The van der Waals surface area contributed by atoms with Crippen molar-refractivity contribution in [1.82, 2.24) is 5.32 Å². The third-order valence-corrected chi connectivity index (χ3v) is 10.5. The van der Waals surface area contributed by atoms with Gasteiger partial charge in [-0.15, -0.1) is 0 Å². The van der Waals surface area contributed by atoms with E-state index in [0.29, 0.717) is 34.4 Å². The van der Waals surface area contributed by atoms with Gasteiger partial charge < -0.3 is 14.4 Å². The second-order valence-corrected chi connectivity index (χ2v) is 13.9. The third kappa shape index (κ3) is 6.78. The van der Waals surface area contributed by atoms with E-state index in [0.717, 1.165) is 47.5 Å². The molecular formula is C44H38ClN3O5. The Morgan fingerprint density at radius 1 is 0.755 bits per heavy atom. The molecule has 5 aromatic carbocycles. The second kappa shape index (κ2) is 14.6. The quantitative estimate of drug-likeness (QED) is 0.121. The minimum Gasteiger partial charge on any atom is -0.490 e. The minimum absolute atomic E-state index is 0.0758. The number of nitrogens with one attached hydrogen (secondary N) is 1. The number of hydrogen-bond acceptors (Lipinski definition) is 6. The van der Waals surface area contributed by atoms with Crippen LogP contribution >= 0.6 is 11.6 Å². The van der Waals surface area contributed by atoms with Crippen molar-refractivity contribution in [3.63, 3.8) is 0 Å². The van der Waals surface area contributed by atoms with Gasteiger partial charge in [-0.1, -0.05) is 90.5 Å². The van der Waals surface area contributed by atoms with Gasteiger partial charge in [0.15, 0.2) is 11.5 Å². The number of hydrogen-bond donors (Lipinski definition) is 1. The second-order valence-electron chi connectivity index (χ2n) is 13.5. The topological polar surface area (TPSA) is 88.2 Å². The van der Waals surface area contributed by atoms with E-state index in [4.69, 9.17) is 21.1 Å². The zero-order chi connectivity index (χ0) is 36.5. The molecule has 0 bridgehead atoms. The Labute approximate surface area is 313 Å². The summed E-state index contributed by atoms with van der Waals surface area (Å²) >= 11 is 6.15. The molecule has 0 spiro atoms. The highest BCUT2D eigenvalue weighted by molar-refractivity contribution is 6.39. The van der Waals surface area contributed by atoms with Crippen molar-refractivity contribution in [3.8, 4) is 11.5 Å². The lowest BCUT2D eigenvalue weighted by Gasteiger charge is -2.44. The summed E-state index contributed by atoms with van der Waals surface area (Å²) in [7, 11) is 0. The molecule has 1 saturated heterocycles. The summed E-state index contributed by atoms with van der Waals surface area (Å²) in [4.78, 5) is 44.9. The maximum atomic E-state index is 14.4. The molecule has 8 nitrogen and oxygen atoms in total. The summed E-state index contributed by atoms with van der Waals surface area (Å²) in [6, 6.07) is 36.5. The normalized spacial score (nSPS) is 18.8. The van der Waals surface area contributed by atoms with E-state index >= 15 is 0 Å². The highest BCUT2D eigenvalue weighted by Crippen LogP contribution is 2.50. The Hall–Kier alpha value is -5.86. The van der Waals surface area contributed by atoms with Crippen molar-refractivity contribution in [3.05, 3.63) is 159 Å². The predicted octanol–water partition coefficient (Wildman–Crippen LogP) is 8.86. The van der Waals surface area contributed by atoms with Gasteiger partial charge in [-0.05, 0) is 95.6 Å². The molecule has 0 saturated carbocycles. The molecule has 1 N–H and O–H groups in total. The van der Waals surface area contributed by atoms with E-state index in [1.807, 2.05) is 73.7 Å². The van der Waals surface area contributed by atoms with E-state index in [2.05, 4.69) is 34.5 Å². The predicted molar refractivity (Wildman–Crippen MR) is 207 cm³/mol. The van der Waals surface area contributed by atoms with Gasteiger partial charge in [0.05, 0.1) is 12.3 Å². The smallest absolute Gasteiger partial charge is 0.335 e. The first kappa shape index (κ1) is 34.2. The van der Waals surface area contributed by atoms with Crippen LogP contribution in [-0.2, 0) is 16.2 Å². The van der Waals surface area contributed by atoms with Gasteiger partial charge in [0, 0.05) is 35.6 Å². The third-order valence-electron chi connectivity index (χ3n) is 10.2. The van der Waals surface area contributed by atoms with Crippen LogP contribution in [0.3, 0.4) is 0 Å². The lowest BCUT2D eigenvalue weighted by molar-refractivity contribution is -0.122. The number of ether oxygens (including phenoxy) is 2. The molecule has 4 amide bonds. The van der Waals surface area contributed by atoms with Gasteiger partial charge in [0.2, 0.25) is 0 Å². The lowest BCUT2D eigenvalue weighted by atomic mass is 9.76. The fraction of sp³-hybridized carbons (Fsp3) is 0.205. The van der Waals surface area contributed by atoms with Gasteiger partial charge in [0.25, 0.3) is 11.8 Å². The molecule has 53 heavy (non-hydrogen) atoms. The van der Waals surface area contributed by atoms with Crippen molar-refractivity contribution in [1.29, 1.82) is 0 Å². The molecule has 3 aliphatic heterocycles. The van der Waals surface area contributed by atoms with Crippen LogP contribution < -0.4 is 24.6 Å². The average molecular weight is 724 g/mol. The number of benzene rings is 5. The first-order valence-electron chi connectivity index (χ1n) is 18.0. The minimum atomic E-state index is -0.778. The van der Waals surface area contributed by atoms with Crippen LogP contribution in [0.25, 0.3) is 6.08 Å². The monoisotopic (exact) mass is 723 g/mol. The van der Waals surface area contributed by atoms with Crippen molar-refractivity contribution >= 4 is 46.9 Å². The van der Waals surface area contributed by atoms with Gasteiger partial charge in [-0.3, -0.25) is 14.9 Å². The number of halogens is 1. The molecule has 9 heteroatoms. The molecule has 3 heterocycles. The number of nitrogens with zero attached hydrogens (tertiary/aromatic N) is 2. The summed E-state index contributed by atoms with van der Waals surface area (Å²) in [6.07, 6.45) is 3.30. The summed E-state index contributed by atoms with van der Waals surface area (Å²) in [5.74, 6) is -0.342. The van der Waals surface area contributed by atoms with E-state index in [1.54, 1.807) is 24.3 Å². The summed E-state index contributed by atoms with van der Waals surface area (Å²) in [6.45, 7) is 4.35. The number of carbonyl (C=O) groups excluding carboxylic acids is 3. The van der Waals surface area contributed by atoms with Crippen LogP contribution in [0, 0.1) is 0 Å². The van der Waals surface area contributed by atoms with Gasteiger partial charge in [-0.2, -0.15) is 0 Å². The number of urea groups is 1. The maximum Gasteiger partial charge on any atom is 0.335 e. The first-order chi connectivity index (χ1) is 25.9. The summed E-state index contributed by atoms with van der Waals surface area (Å²) in [5.41, 5.74) is 7.41. The van der Waals surface area contributed by atoms with Gasteiger partial charge in [-0.25, -0.2) is 9.69 Å². The molecule has 3 aliphatic rings. The van der Waals surface area contributed by atoms with Crippen LogP contribution in [0.15, 0.2) is 121 Å². The van der Waals surface area contributed by atoms with Gasteiger partial charge >= 0.3 is 6.03 Å². The zero-order valence-electron chi connectivity index (χ0n) is 29.3. The van der Waals surface area contributed by atoms with E-state index < -0.39 is 17.8 Å². The molecule has 1 fully saturated rings. The van der Waals surface area contributed by atoms with E-state index in [-0.39, 0.29) is 24.0 Å². The van der Waals surface area contributed by atoms with Crippen molar-refractivity contribution in [2.75, 3.05) is 29.5 Å². The summed E-state index contributed by atoms with van der Waals surface area (Å²) < 4.78 is 12.0. The Balaban J connectivity index is 1.17. The lowest BCUT2D eigenvalue weighted by Crippen LogP contribution is -2.54. The van der Waals surface area contributed by atoms with Crippen molar-refractivity contribution in [2.24, 2.45) is 0 Å². The van der Waals surface area contributed by atoms with Gasteiger partial charge in [0.1, 0.15) is 12.2 Å². The first-order valence-corrected chi connectivity index (χ1v) is 18.3. The number of imide groups is 2. The highest BCUT2D eigenvalue weighted by atomic mass is 35.5. The standard InChI is InChI=1S/C44H38ClN3O5/c1-2-52-40-24-28(16-17-39(40)53-27-29-10-9-15-32(45)22-29)23-38-42(49)46-44(51)48(43(38)50)33-25-36-34(30-11-5-3-6-12-30)18-20-47-21-19-35(37(26-33)41(36)47)31-13-7-4-8-14-31/h3-17,22-26,34-35H,2,18-21,27H2,1H3,(H,46,49,51)/b38-23+/t34-,35-/m0/s1. The molecule has 0 unspecified atom stereocenters. The number of carbonyl (C=O) groups is 3. The maximum absolute atomic E-state index is 14.4.